The summed E-state index contributed by atoms with van der Waals surface area (Å²) in [5.74, 6) is 0.455. The molecule has 106 valence electrons. The summed E-state index contributed by atoms with van der Waals surface area (Å²) in [4.78, 5) is -0.0915. The number of anilines is 1. The first-order valence-electron chi connectivity index (χ1n) is 5.16. The van der Waals surface area contributed by atoms with Gasteiger partial charge in [-0.2, -0.15) is 0 Å². The SMILES string of the molecule is C=C(Cl)CNS(=O)(=O)c1cc(N)c(OC)cc1OC. The largest absolute Gasteiger partial charge is 0.495 e. The van der Waals surface area contributed by atoms with E-state index in [2.05, 4.69) is 11.3 Å². The van der Waals surface area contributed by atoms with E-state index in [4.69, 9.17) is 26.8 Å². The van der Waals surface area contributed by atoms with Gasteiger partial charge in [0, 0.05) is 17.6 Å². The van der Waals surface area contributed by atoms with Gasteiger partial charge in [0.15, 0.2) is 0 Å². The Morgan fingerprint density at radius 1 is 1.37 bits per heavy atom. The number of methoxy groups -OCH3 is 2. The van der Waals surface area contributed by atoms with Crippen molar-refractivity contribution in [1.29, 1.82) is 0 Å². The molecule has 0 saturated heterocycles. The van der Waals surface area contributed by atoms with Crippen molar-refractivity contribution in [2.75, 3.05) is 26.5 Å². The highest BCUT2D eigenvalue weighted by molar-refractivity contribution is 7.89. The van der Waals surface area contributed by atoms with Gasteiger partial charge in [0.2, 0.25) is 10.0 Å². The second-order valence-corrected chi connectivity index (χ2v) is 5.86. The summed E-state index contributed by atoms with van der Waals surface area (Å²) in [6.07, 6.45) is 0. The molecule has 0 unspecified atom stereocenters. The van der Waals surface area contributed by atoms with Crippen LogP contribution in [0.3, 0.4) is 0 Å². The highest BCUT2D eigenvalue weighted by Crippen LogP contribution is 2.33. The third-order valence-electron chi connectivity index (χ3n) is 2.26. The van der Waals surface area contributed by atoms with Gasteiger partial charge in [-0.05, 0) is 6.07 Å². The first kappa shape index (κ1) is 15.6. The highest BCUT2D eigenvalue weighted by Gasteiger charge is 2.21. The molecule has 0 aliphatic carbocycles. The molecule has 1 rings (SSSR count). The maximum Gasteiger partial charge on any atom is 0.244 e. The van der Waals surface area contributed by atoms with Gasteiger partial charge in [0.1, 0.15) is 16.4 Å². The van der Waals surface area contributed by atoms with Crippen molar-refractivity contribution in [1.82, 2.24) is 4.72 Å². The number of ether oxygens (including phenoxy) is 2. The number of benzene rings is 1. The van der Waals surface area contributed by atoms with Gasteiger partial charge >= 0.3 is 0 Å². The van der Waals surface area contributed by atoms with Gasteiger partial charge in [-0.1, -0.05) is 18.2 Å². The van der Waals surface area contributed by atoms with Crippen molar-refractivity contribution in [3.8, 4) is 11.5 Å². The topological polar surface area (TPSA) is 90.7 Å². The monoisotopic (exact) mass is 306 g/mol. The second-order valence-electron chi connectivity index (χ2n) is 3.59. The Bertz CT molecular complexity index is 587. The Morgan fingerprint density at radius 2 is 1.95 bits per heavy atom. The van der Waals surface area contributed by atoms with E-state index in [1.54, 1.807) is 0 Å². The molecule has 0 aliphatic rings. The molecule has 0 amide bonds. The van der Waals surface area contributed by atoms with E-state index in [9.17, 15) is 8.42 Å². The van der Waals surface area contributed by atoms with Gasteiger partial charge in [-0.25, -0.2) is 13.1 Å². The second kappa shape index (κ2) is 6.14. The molecule has 0 spiro atoms. The fourth-order valence-electron chi connectivity index (χ4n) is 1.35. The number of rotatable bonds is 6. The van der Waals surface area contributed by atoms with E-state index in [1.807, 2.05) is 0 Å². The van der Waals surface area contributed by atoms with E-state index in [0.29, 0.717) is 5.75 Å². The number of nitrogen functional groups attached to an aromatic ring is 1. The molecular formula is C11H15ClN2O4S. The van der Waals surface area contributed by atoms with Crippen molar-refractivity contribution in [2.24, 2.45) is 0 Å². The smallest absolute Gasteiger partial charge is 0.244 e. The Balaban J connectivity index is 3.25. The molecule has 6 nitrogen and oxygen atoms in total. The summed E-state index contributed by atoms with van der Waals surface area (Å²) < 4.78 is 36.5. The van der Waals surface area contributed by atoms with Crippen LogP contribution < -0.4 is 19.9 Å². The summed E-state index contributed by atoms with van der Waals surface area (Å²) in [6.45, 7) is 3.32. The molecule has 0 heterocycles. The maximum absolute atomic E-state index is 12.1. The molecular weight excluding hydrogens is 292 g/mol. The van der Waals surface area contributed by atoms with Crippen molar-refractivity contribution in [2.45, 2.75) is 4.90 Å². The number of hydrogen-bond acceptors (Lipinski definition) is 5. The standard InChI is InChI=1S/C11H15ClN2O4S/c1-7(12)6-14-19(15,16)11-4-8(13)9(17-2)5-10(11)18-3/h4-5,14H,1,6,13H2,2-3H3. The number of nitrogens with one attached hydrogen (secondary N) is 1. The van der Waals surface area contributed by atoms with Crippen LogP contribution >= 0.6 is 11.6 Å². The summed E-state index contributed by atoms with van der Waals surface area (Å²) >= 11 is 5.53. The van der Waals surface area contributed by atoms with Crippen LogP contribution in [0.5, 0.6) is 11.5 Å². The van der Waals surface area contributed by atoms with Crippen molar-refractivity contribution >= 4 is 27.3 Å². The molecule has 0 bridgehead atoms. The lowest BCUT2D eigenvalue weighted by atomic mass is 10.3. The van der Waals surface area contributed by atoms with Crippen LogP contribution in [0.2, 0.25) is 0 Å². The average Bonchev–Trinajstić information content (AvgIpc) is 2.36. The zero-order valence-corrected chi connectivity index (χ0v) is 12.1. The van der Waals surface area contributed by atoms with Crippen molar-refractivity contribution in [3.05, 3.63) is 23.7 Å². The summed E-state index contributed by atoms with van der Waals surface area (Å²) in [6, 6.07) is 2.66. The fraction of sp³-hybridized carbons (Fsp3) is 0.273. The molecule has 0 saturated carbocycles. The average molecular weight is 307 g/mol. The molecule has 0 radical (unpaired) electrons. The molecule has 0 atom stereocenters. The molecule has 3 N–H and O–H groups in total. The minimum atomic E-state index is -3.80. The zero-order valence-electron chi connectivity index (χ0n) is 10.6. The molecule has 0 aliphatic heterocycles. The van der Waals surface area contributed by atoms with E-state index in [0.717, 1.165) is 0 Å². The van der Waals surface area contributed by atoms with E-state index in [1.165, 1.54) is 26.4 Å². The van der Waals surface area contributed by atoms with Gasteiger partial charge < -0.3 is 15.2 Å². The minimum absolute atomic E-state index is 0.0843. The molecule has 19 heavy (non-hydrogen) atoms. The third kappa shape index (κ3) is 3.76. The highest BCUT2D eigenvalue weighted by atomic mass is 35.5. The van der Waals surface area contributed by atoms with Gasteiger partial charge in [0.05, 0.1) is 19.9 Å². The molecule has 1 aromatic rings. The molecule has 0 aromatic heterocycles. The molecule has 8 heteroatoms. The normalized spacial score (nSPS) is 11.1. The predicted molar refractivity (Wildman–Crippen MR) is 74.1 cm³/mol. The fourth-order valence-corrected chi connectivity index (χ4v) is 2.71. The summed E-state index contributed by atoms with van der Waals surface area (Å²) in [7, 11) is -1.02. The van der Waals surface area contributed by atoms with Crippen LogP contribution in [-0.2, 0) is 10.0 Å². The summed E-state index contributed by atoms with van der Waals surface area (Å²) in [5.41, 5.74) is 5.88. The molecule has 0 fully saturated rings. The van der Waals surface area contributed by atoms with Crippen LogP contribution in [0.15, 0.2) is 28.6 Å². The van der Waals surface area contributed by atoms with Crippen molar-refractivity contribution in [3.63, 3.8) is 0 Å². The Kier molecular flexibility index (Phi) is 5.04. The van der Waals surface area contributed by atoms with Gasteiger partial charge in [-0.3, -0.25) is 0 Å². The van der Waals surface area contributed by atoms with Crippen LogP contribution in [0.25, 0.3) is 0 Å². The summed E-state index contributed by atoms with van der Waals surface area (Å²) in [5, 5.41) is 0.170. The minimum Gasteiger partial charge on any atom is -0.495 e. The first-order valence-corrected chi connectivity index (χ1v) is 7.02. The van der Waals surface area contributed by atoms with Crippen LogP contribution in [-0.4, -0.2) is 29.2 Å². The van der Waals surface area contributed by atoms with Crippen molar-refractivity contribution < 1.29 is 17.9 Å². The Hall–Kier alpha value is -1.44. The lowest BCUT2D eigenvalue weighted by Gasteiger charge is -2.13. The van der Waals surface area contributed by atoms with Crippen LogP contribution in [0.4, 0.5) is 5.69 Å². The van der Waals surface area contributed by atoms with E-state index in [-0.39, 0.29) is 27.9 Å². The maximum atomic E-state index is 12.1. The number of sulfonamides is 1. The lowest BCUT2D eigenvalue weighted by Crippen LogP contribution is -2.25. The van der Waals surface area contributed by atoms with E-state index < -0.39 is 10.0 Å². The zero-order chi connectivity index (χ0) is 14.6. The first-order chi connectivity index (χ1) is 8.81. The van der Waals surface area contributed by atoms with Gasteiger partial charge in [-0.15, -0.1) is 0 Å². The van der Waals surface area contributed by atoms with E-state index >= 15 is 0 Å². The third-order valence-corrected chi connectivity index (χ3v) is 3.82. The lowest BCUT2D eigenvalue weighted by molar-refractivity contribution is 0.387. The number of halogens is 1. The Morgan fingerprint density at radius 3 is 2.42 bits per heavy atom. The van der Waals surface area contributed by atoms with Crippen LogP contribution in [0, 0.1) is 0 Å². The molecule has 1 aromatic carbocycles. The van der Waals surface area contributed by atoms with Gasteiger partial charge in [0.25, 0.3) is 0 Å². The number of nitrogens with two attached hydrogens (primary N) is 1. The van der Waals surface area contributed by atoms with Crippen LogP contribution in [0.1, 0.15) is 0 Å². The number of hydrogen-bond donors (Lipinski definition) is 2. The Labute approximate surface area is 117 Å². The predicted octanol–water partition coefficient (Wildman–Crippen LogP) is 1.32. The quantitative estimate of drug-likeness (QED) is 0.773.